The summed E-state index contributed by atoms with van der Waals surface area (Å²) in [5, 5.41) is 4.81. The number of nitrogens with one attached hydrogen (secondary N) is 1. The van der Waals surface area contributed by atoms with E-state index in [4.69, 9.17) is 16.6 Å². The first-order valence-corrected chi connectivity index (χ1v) is 9.97. The number of carbonyl (C=O) groups excluding carboxylic acids is 1. The molecule has 144 valence electrons. The minimum atomic E-state index is -0.273. The van der Waals surface area contributed by atoms with Crippen molar-refractivity contribution in [3.63, 3.8) is 0 Å². The lowest BCUT2D eigenvalue weighted by atomic mass is 10.1. The number of benzene rings is 2. The van der Waals surface area contributed by atoms with Crippen molar-refractivity contribution in [3.8, 4) is 0 Å². The summed E-state index contributed by atoms with van der Waals surface area (Å²) in [4.78, 5) is 24.4. The number of fused-ring (bicyclic) bond motifs is 1. The van der Waals surface area contributed by atoms with Gasteiger partial charge in [-0.3, -0.25) is 4.79 Å². The van der Waals surface area contributed by atoms with E-state index < -0.39 is 0 Å². The number of aryl methyl sites for hydroxylation is 1. The predicted octanol–water partition coefficient (Wildman–Crippen LogP) is 4.44. The highest BCUT2D eigenvalue weighted by molar-refractivity contribution is 6.31. The molecule has 6 heteroatoms. The molecule has 1 aromatic heterocycles. The number of rotatable bonds is 4. The Morgan fingerprint density at radius 2 is 1.93 bits per heavy atom. The van der Waals surface area contributed by atoms with Gasteiger partial charge < -0.3 is 10.2 Å². The summed E-state index contributed by atoms with van der Waals surface area (Å²) < 4.78 is 0. The van der Waals surface area contributed by atoms with Crippen LogP contribution in [-0.4, -0.2) is 28.5 Å². The van der Waals surface area contributed by atoms with Crippen molar-refractivity contribution < 1.29 is 4.79 Å². The zero-order valence-corrected chi connectivity index (χ0v) is 16.8. The van der Waals surface area contributed by atoms with Gasteiger partial charge in [-0.15, -0.1) is 0 Å². The second-order valence-corrected chi connectivity index (χ2v) is 7.64. The van der Waals surface area contributed by atoms with Crippen molar-refractivity contribution in [2.75, 3.05) is 11.4 Å². The van der Waals surface area contributed by atoms with E-state index in [9.17, 15) is 4.79 Å². The van der Waals surface area contributed by atoms with Crippen molar-refractivity contribution in [1.82, 2.24) is 15.3 Å². The van der Waals surface area contributed by atoms with Gasteiger partial charge in [0.25, 0.3) is 0 Å². The summed E-state index contributed by atoms with van der Waals surface area (Å²) >= 11 is 6.28. The minimum Gasteiger partial charge on any atom is -0.348 e. The molecule has 2 atom stereocenters. The average Bonchev–Trinajstić information content (AvgIpc) is 3.18. The van der Waals surface area contributed by atoms with Crippen LogP contribution < -0.4 is 10.2 Å². The van der Waals surface area contributed by atoms with E-state index in [0.29, 0.717) is 11.0 Å². The molecule has 1 aliphatic heterocycles. The van der Waals surface area contributed by atoms with Crippen LogP contribution in [0.2, 0.25) is 5.02 Å². The van der Waals surface area contributed by atoms with Crippen molar-refractivity contribution in [3.05, 3.63) is 64.8 Å². The number of amides is 1. The highest BCUT2D eigenvalue weighted by Gasteiger charge is 2.33. The molecule has 2 heterocycles. The second kappa shape index (κ2) is 7.76. The minimum absolute atomic E-state index is 0.0145. The third-order valence-corrected chi connectivity index (χ3v) is 5.67. The Morgan fingerprint density at radius 3 is 2.75 bits per heavy atom. The first-order chi connectivity index (χ1) is 13.5. The summed E-state index contributed by atoms with van der Waals surface area (Å²) in [5.74, 6) is 0.610. The first-order valence-electron chi connectivity index (χ1n) is 9.59. The maximum Gasteiger partial charge on any atom is 0.243 e. The van der Waals surface area contributed by atoms with Gasteiger partial charge in [0.05, 0.1) is 17.3 Å². The highest BCUT2D eigenvalue weighted by Crippen LogP contribution is 2.27. The monoisotopic (exact) mass is 394 g/mol. The van der Waals surface area contributed by atoms with Crippen molar-refractivity contribution in [2.24, 2.45) is 0 Å². The number of nitrogens with zero attached hydrogens (tertiary/aromatic N) is 3. The summed E-state index contributed by atoms with van der Waals surface area (Å²) in [6.45, 7) is 4.71. The van der Waals surface area contributed by atoms with E-state index in [-0.39, 0.29) is 18.0 Å². The zero-order chi connectivity index (χ0) is 19.7. The molecule has 0 aliphatic carbocycles. The number of para-hydroxylation sites is 1. The average molecular weight is 395 g/mol. The molecular formula is C22H23ClN4O. The van der Waals surface area contributed by atoms with Crippen LogP contribution in [0.3, 0.4) is 0 Å². The van der Waals surface area contributed by atoms with E-state index in [1.54, 1.807) is 0 Å². The van der Waals surface area contributed by atoms with Gasteiger partial charge in [0.15, 0.2) is 0 Å². The largest absolute Gasteiger partial charge is 0.348 e. The molecular weight excluding hydrogens is 372 g/mol. The molecule has 1 saturated heterocycles. The third kappa shape index (κ3) is 3.54. The molecule has 1 fully saturated rings. The maximum absolute atomic E-state index is 13.0. The lowest BCUT2D eigenvalue weighted by Crippen LogP contribution is -2.44. The quantitative estimate of drug-likeness (QED) is 0.710. The van der Waals surface area contributed by atoms with Crippen molar-refractivity contribution in [2.45, 2.75) is 38.8 Å². The fourth-order valence-electron chi connectivity index (χ4n) is 3.84. The molecule has 1 N–H and O–H groups in total. The van der Waals surface area contributed by atoms with Gasteiger partial charge in [0.1, 0.15) is 6.04 Å². The van der Waals surface area contributed by atoms with Crippen LogP contribution in [0.5, 0.6) is 0 Å². The number of halogens is 1. The number of hydrogen-bond acceptors (Lipinski definition) is 4. The van der Waals surface area contributed by atoms with Crippen LogP contribution in [0.4, 0.5) is 5.95 Å². The van der Waals surface area contributed by atoms with E-state index in [1.165, 1.54) is 0 Å². The molecule has 5 nitrogen and oxygen atoms in total. The Morgan fingerprint density at radius 1 is 1.18 bits per heavy atom. The summed E-state index contributed by atoms with van der Waals surface area (Å²) in [5.41, 5.74) is 2.75. The summed E-state index contributed by atoms with van der Waals surface area (Å²) in [6, 6.07) is 15.1. The molecule has 0 spiro atoms. The van der Waals surface area contributed by atoms with Gasteiger partial charge in [-0.05, 0) is 44.4 Å². The van der Waals surface area contributed by atoms with Crippen LogP contribution in [0, 0.1) is 6.92 Å². The predicted molar refractivity (Wildman–Crippen MR) is 113 cm³/mol. The lowest BCUT2D eigenvalue weighted by molar-refractivity contribution is -0.122. The molecule has 2 aromatic carbocycles. The number of hydrogen-bond donors (Lipinski definition) is 1. The van der Waals surface area contributed by atoms with Crippen LogP contribution in [-0.2, 0) is 4.79 Å². The van der Waals surface area contributed by atoms with E-state index >= 15 is 0 Å². The molecule has 0 radical (unpaired) electrons. The number of anilines is 1. The molecule has 3 aromatic rings. The Bertz CT molecular complexity index is 1020. The number of aromatic nitrogens is 2. The SMILES string of the molecule is Cc1nc(N2CCCC2C(=O)NC(C)c2ccccc2Cl)nc2ccccc12. The van der Waals surface area contributed by atoms with Crippen LogP contribution in [0.1, 0.15) is 37.1 Å². The van der Waals surface area contributed by atoms with E-state index in [1.807, 2.05) is 67.3 Å². The van der Waals surface area contributed by atoms with E-state index in [0.717, 1.165) is 41.5 Å². The molecule has 28 heavy (non-hydrogen) atoms. The highest BCUT2D eigenvalue weighted by atomic mass is 35.5. The normalized spacial score (nSPS) is 17.7. The van der Waals surface area contributed by atoms with Crippen LogP contribution >= 0.6 is 11.6 Å². The Labute approximate surface area is 169 Å². The van der Waals surface area contributed by atoms with Gasteiger partial charge in [0, 0.05) is 17.0 Å². The van der Waals surface area contributed by atoms with Gasteiger partial charge in [-0.25, -0.2) is 9.97 Å². The van der Waals surface area contributed by atoms with Crippen LogP contribution in [0.25, 0.3) is 10.9 Å². The topological polar surface area (TPSA) is 58.1 Å². The van der Waals surface area contributed by atoms with Crippen LogP contribution in [0.15, 0.2) is 48.5 Å². The molecule has 1 amide bonds. The maximum atomic E-state index is 13.0. The van der Waals surface area contributed by atoms with E-state index in [2.05, 4.69) is 10.3 Å². The smallest absolute Gasteiger partial charge is 0.243 e. The molecule has 0 bridgehead atoms. The Kier molecular flexibility index (Phi) is 5.18. The van der Waals surface area contributed by atoms with Gasteiger partial charge in [-0.2, -0.15) is 0 Å². The fraction of sp³-hybridized carbons (Fsp3) is 0.318. The van der Waals surface area contributed by atoms with Gasteiger partial charge in [0.2, 0.25) is 11.9 Å². The fourth-order valence-corrected chi connectivity index (χ4v) is 4.14. The standard InChI is InChI=1S/C22H23ClN4O/c1-14(16-8-3-5-10-18(16)23)24-21(28)20-12-7-13-27(20)22-25-15(2)17-9-4-6-11-19(17)26-22/h3-6,8-11,14,20H,7,12-13H2,1-2H3,(H,24,28). The molecule has 1 aliphatic rings. The zero-order valence-electron chi connectivity index (χ0n) is 16.0. The Balaban J connectivity index is 1.56. The Hall–Kier alpha value is -2.66. The third-order valence-electron chi connectivity index (χ3n) is 5.32. The lowest BCUT2D eigenvalue weighted by Gasteiger charge is -2.26. The summed E-state index contributed by atoms with van der Waals surface area (Å²) in [7, 11) is 0. The second-order valence-electron chi connectivity index (χ2n) is 7.23. The van der Waals surface area contributed by atoms with Gasteiger partial charge >= 0.3 is 0 Å². The molecule has 0 saturated carbocycles. The van der Waals surface area contributed by atoms with Gasteiger partial charge in [-0.1, -0.05) is 48.0 Å². The number of carbonyl (C=O) groups is 1. The first kappa shape index (κ1) is 18.7. The molecule has 2 unspecified atom stereocenters. The summed E-state index contributed by atoms with van der Waals surface area (Å²) in [6.07, 6.45) is 1.73. The van der Waals surface area contributed by atoms with Crippen molar-refractivity contribution in [1.29, 1.82) is 0 Å². The molecule has 4 rings (SSSR count). The van der Waals surface area contributed by atoms with Crippen molar-refractivity contribution >= 4 is 34.4 Å².